The standard InChI is InChI=1S/C25H30N2O7/c1-25(2,3)34-24(32)27-19(15-21(28)33-16-18-12-8-5-9-13-18)22(29)26-20(23(30)31)14-17-10-6-4-7-11-17/h4-13,19-20H,14-16H2,1-3H3,(H,26,29)(H,27,32)(H,30,31)/t19-,20-/m0/s1. The number of carbonyl (C=O) groups excluding carboxylic acids is 3. The molecule has 2 amide bonds. The second kappa shape index (κ2) is 12.4. The van der Waals surface area contributed by atoms with E-state index in [2.05, 4.69) is 10.6 Å². The maximum absolute atomic E-state index is 12.9. The number of benzene rings is 2. The van der Waals surface area contributed by atoms with Crippen molar-refractivity contribution in [2.75, 3.05) is 0 Å². The van der Waals surface area contributed by atoms with Gasteiger partial charge in [-0.1, -0.05) is 60.7 Å². The molecule has 0 saturated heterocycles. The minimum absolute atomic E-state index is 0.00773. The van der Waals surface area contributed by atoms with Crippen molar-refractivity contribution >= 4 is 23.9 Å². The molecule has 0 fully saturated rings. The lowest BCUT2D eigenvalue weighted by atomic mass is 10.1. The van der Waals surface area contributed by atoms with E-state index < -0.39 is 48.0 Å². The molecule has 0 saturated carbocycles. The van der Waals surface area contributed by atoms with Gasteiger partial charge in [-0.15, -0.1) is 0 Å². The van der Waals surface area contributed by atoms with Crippen molar-refractivity contribution in [2.24, 2.45) is 0 Å². The third-order valence-electron chi connectivity index (χ3n) is 4.52. The second-order valence-corrected chi connectivity index (χ2v) is 8.64. The summed E-state index contributed by atoms with van der Waals surface area (Å²) in [4.78, 5) is 49.3. The first-order valence-corrected chi connectivity index (χ1v) is 10.8. The lowest BCUT2D eigenvalue weighted by Crippen LogP contribution is -2.53. The highest BCUT2D eigenvalue weighted by atomic mass is 16.6. The first kappa shape index (κ1) is 26.4. The number of amides is 2. The number of carboxylic acid groups (broad SMARTS) is 1. The molecule has 9 heteroatoms. The molecule has 0 aliphatic carbocycles. The summed E-state index contributed by atoms with van der Waals surface area (Å²) in [5.74, 6) is -2.83. The monoisotopic (exact) mass is 470 g/mol. The van der Waals surface area contributed by atoms with Gasteiger partial charge in [0.2, 0.25) is 5.91 Å². The molecule has 2 aromatic carbocycles. The van der Waals surface area contributed by atoms with Gasteiger partial charge in [0.05, 0.1) is 6.42 Å². The van der Waals surface area contributed by atoms with Gasteiger partial charge in [-0.2, -0.15) is 0 Å². The molecule has 2 aromatic rings. The van der Waals surface area contributed by atoms with E-state index in [0.717, 1.165) is 5.56 Å². The van der Waals surface area contributed by atoms with Gasteiger partial charge in [0.25, 0.3) is 0 Å². The third kappa shape index (κ3) is 9.72. The summed E-state index contributed by atoms with van der Waals surface area (Å²) in [5.41, 5.74) is 0.621. The summed E-state index contributed by atoms with van der Waals surface area (Å²) < 4.78 is 10.4. The minimum atomic E-state index is -1.39. The van der Waals surface area contributed by atoms with Crippen molar-refractivity contribution in [3.63, 3.8) is 0 Å². The Labute approximate surface area is 198 Å². The molecule has 0 aliphatic heterocycles. The Kier molecular flexibility index (Phi) is 9.61. The number of ether oxygens (including phenoxy) is 2. The quantitative estimate of drug-likeness (QED) is 0.455. The van der Waals surface area contributed by atoms with Crippen molar-refractivity contribution in [1.29, 1.82) is 0 Å². The molecule has 9 nitrogen and oxygen atoms in total. The number of hydrogen-bond acceptors (Lipinski definition) is 6. The summed E-state index contributed by atoms with van der Waals surface area (Å²) in [6.07, 6.45) is -1.40. The molecular formula is C25H30N2O7. The van der Waals surface area contributed by atoms with Crippen LogP contribution in [0.1, 0.15) is 38.3 Å². The van der Waals surface area contributed by atoms with E-state index in [1.54, 1.807) is 75.4 Å². The Balaban J connectivity index is 2.09. The first-order valence-electron chi connectivity index (χ1n) is 10.8. The number of esters is 1. The Morgan fingerprint density at radius 1 is 0.853 bits per heavy atom. The molecule has 0 heterocycles. The Bertz CT molecular complexity index is 972. The molecule has 0 bridgehead atoms. The summed E-state index contributed by atoms with van der Waals surface area (Å²) in [7, 11) is 0. The zero-order chi connectivity index (χ0) is 25.1. The fourth-order valence-electron chi connectivity index (χ4n) is 2.94. The average Bonchev–Trinajstić information content (AvgIpc) is 2.77. The van der Waals surface area contributed by atoms with Crippen LogP contribution >= 0.6 is 0 Å². The van der Waals surface area contributed by atoms with Crippen molar-refractivity contribution in [2.45, 2.75) is 57.9 Å². The second-order valence-electron chi connectivity index (χ2n) is 8.64. The van der Waals surface area contributed by atoms with Crippen LogP contribution in [0.2, 0.25) is 0 Å². The van der Waals surface area contributed by atoms with Crippen molar-refractivity contribution in [3.8, 4) is 0 Å². The first-order chi connectivity index (χ1) is 16.0. The van der Waals surface area contributed by atoms with E-state index in [4.69, 9.17) is 9.47 Å². The summed E-state index contributed by atoms with van der Waals surface area (Å²) in [6.45, 7) is 4.94. The van der Waals surface area contributed by atoms with Crippen LogP contribution in [0.3, 0.4) is 0 Å². The number of aliphatic carboxylic acids is 1. The van der Waals surface area contributed by atoms with E-state index in [0.29, 0.717) is 5.56 Å². The van der Waals surface area contributed by atoms with Crippen LogP contribution in [-0.2, 0) is 36.9 Å². The highest BCUT2D eigenvalue weighted by molar-refractivity contribution is 5.92. The van der Waals surface area contributed by atoms with Crippen LogP contribution in [0, 0.1) is 0 Å². The molecule has 3 N–H and O–H groups in total. The van der Waals surface area contributed by atoms with Crippen LogP contribution in [0.15, 0.2) is 60.7 Å². The largest absolute Gasteiger partial charge is 0.480 e. The van der Waals surface area contributed by atoms with Gasteiger partial charge in [-0.3, -0.25) is 9.59 Å². The minimum Gasteiger partial charge on any atom is -0.480 e. The molecule has 0 radical (unpaired) electrons. The number of nitrogens with one attached hydrogen (secondary N) is 2. The molecule has 0 aromatic heterocycles. The Morgan fingerprint density at radius 2 is 1.41 bits per heavy atom. The summed E-state index contributed by atoms with van der Waals surface area (Å²) >= 11 is 0. The van der Waals surface area contributed by atoms with Crippen molar-refractivity contribution in [1.82, 2.24) is 10.6 Å². The molecular weight excluding hydrogens is 440 g/mol. The van der Waals surface area contributed by atoms with Gasteiger partial charge in [-0.05, 0) is 31.9 Å². The normalized spacial score (nSPS) is 12.7. The SMILES string of the molecule is CC(C)(C)OC(=O)N[C@@H](CC(=O)OCc1ccccc1)C(=O)N[C@@H](Cc1ccccc1)C(=O)O. The topological polar surface area (TPSA) is 131 Å². The molecule has 182 valence electrons. The van der Waals surface area contributed by atoms with Crippen molar-refractivity contribution in [3.05, 3.63) is 71.8 Å². The van der Waals surface area contributed by atoms with Gasteiger partial charge in [-0.25, -0.2) is 9.59 Å². The number of hydrogen-bond donors (Lipinski definition) is 3. The molecule has 2 atom stereocenters. The number of carboxylic acids is 1. The Hall–Kier alpha value is -3.88. The average molecular weight is 471 g/mol. The van der Waals surface area contributed by atoms with Crippen LogP contribution in [0.4, 0.5) is 4.79 Å². The van der Waals surface area contributed by atoms with Gasteiger partial charge < -0.3 is 25.2 Å². The molecule has 34 heavy (non-hydrogen) atoms. The molecule has 0 spiro atoms. The van der Waals surface area contributed by atoms with Gasteiger partial charge in [0.15, 0.2) is 0 Å². The van der Waals surface area contributed by atoms with Gasteiger partial charge >= 0.3 is 18.0 Å². The number of rotatable bonds is 10. The van der Waals surface area contributed by atoms with Crippen molar-refractivity contribution < 1.29 is 33.8 Å². The lowest BCUT2D eigenvalue weighted by Gasteiger charge is -2.24. The summed E-state index contributed by atoms with van der Waals surface area (Å²) in [6, 6.07) is 15.1. The van der Waals surface area contributed by atoms with E-state index in [1.165, 1.54) is 0 Å². The van der Waals surface area contributed by atoms with Gasteiger partial charge in [0, 0.05) is 6.42 Å². The van der Waals surface area contributed by atoms with Crippen LogP contribution in [-0.4, -0.2) is 46.7 Å². The van der Waals surface area contributed by atoms with Gasteiger partial charge in [0.1, 0.15) is 24.3 Å². The van der Waals surface area contributed by atoms with Crippen LogP contribution < -0.4 is 10.6 Å². The Morgan fingerprint density at radius 3 is 1.94 bits per heavy atom. The fraction of sp³-hybridized carbons (Fsp3) is 0.360. The predicted molar refractivity (Wildman–Crippen MR) is 124 cm³/mol. The van der Waals surface area contributed by atoms with E-state index in [1.807, 2.05) is 6.07 Å². The highest BCUT2D eigenvalue weighted by Crippen LogP contribution is 2.09. The highest BCUT2D eigenvalue weighted by Gasteiger charge is 2.30. The van der Waals surface area contributed by atoms with E-state index >= 15 is 0 Å². The molecule has 0 aliphatic rings. The number of carbonyl (C=O) groups is 4. The maximum atomic E-state index is 12.9. The zero-order valence-electron chi connectivity index (χ0n) is 19.4. The molecule has 2 rings (SSSR count). The zero-order valence-corrected chi connectivity index (χ0v) is 19.4. The third-order valence-corrected chi connectivity index (χ3v) is 4.52. The van der Waals surface area contributed by atoms with E-state index in [-0.39, 0.29) is 13.0 Å². The van der Waals surface area contributed by atoms with Crippen LogP contribution in [0.25, 0.3) is 0 Å². The maximum Gasteiger partial charge on any atom is 0.408 e. The number of alkyl carbamates (subject to hydrolysis) is 1. The predicted octanol–water partition coefficient (Wildman–Crippen LogP) is 2.83. The van der Waals surface area contributed by atoms with E-state index in [9.17, 15) is 24.3 Å². The smallest absolute Gasteiger partial charge is 0.408 e. The summed E-state index contributed by atoms with van der Waals surface area (Å²) in [5, 5.41) is 14.3. The lowest BCUT2D eigenvalue weighted by molar-refractivity contribution is -0.147. The fourth-order valence-corrected chi connectivity index (χ4v) is 2.94. The van der Waals surface area contributed by atoms with Crippen LogP contribution in [0.5, 0.6) is 0 Å². The molecule has 0 unspecified atom stereocenters.